The molecule has 1 aromatic heterocycles. The summed E-state index contributed by atoms with van der Waals surface area (Å²) in [4.78, 5) is 12.1. The Kier molecular flexibility index (Phi) is 6.37. The normalized spacial score (nSPS) is 11.5. The van der Waals surface area contributed by atoms with Crippen LogP contribution in [-0.4, -0.2) is 23.3 Å². The zero-order valence-corrected chi connectivity index (χ0v) is 19.1. The number of hydrazone groups is 1. The Bertz CT molecular complexity index is 1280. The Balaban J connectivity index is 1.43. The minimum Gasteiger partial charge on any atom is -0.483 e. The third-order valence-corrected chi connectivity index (χ3v) is 5.90. The fraction of sp³-hybridized carbons (Fsp3) is 0.200. The van der Waals surface area contributed by atoms with Crippen molar-refractivity contribution in [3.63, 3.8) is 0 Å². The lowest BCUT2D eigenvalue weighted by atomic mass is 10.1. The topological polar surface area (TPSA) is 55.6 Å². The number of ether oxygens (including phenoxy) is 1. The molecule has 1 heterocycles. The predicted molar refractivity (Wildman–Crippen MR) is 130 cm³/mol. The second kappa shape index (κ2) is 9.35. The maximum absolute atomic E-state index is 12.1. The van der Waals surface area contributed by atoms with E-state index in [1.807, 2.05) is 24.3 Å². The second-order valence-electron chi connectivity index (χ2n) is 7.24. The molecule has 0 bridgehead atoms. The molecule has 0 saturated carbocycles. The molecule has 1 amide bonds. The van der Waals surface area contributed by atoms with E-state index in [0.29, 0.717) is 5.75 Å². The highest BCUT2D eigenvalue weighted by atomic mass is 79.9. The van der Waals surface area contributed by atoms with Gasteiger partial charge in [-0.15, -0.1) is 0 Å². The molecule has 0 saturated heterocycles. The number of halogens is 1. The van der Waals surface area contributed by atoms with Gasteiger partial charge in [0.15, 0.2) is 6.61 Å². The van der Waals surface area contributed by atoms with Gasteiger partial charge in [0.25, 0.3) is 5.91 Å². The summed E-state index contributed by atoms with van der Waals surface area (Å²) in [6, 6.07) is 20.4. The van der Waals surface area contributed by atoms with Crippen LogP contribution in [-0.2, 0) is 17.8 Å². The monoisotopic (exact) mass is 477 g/mol. The van der Waals surface area contributed by atoms with E-state index in [-0.39, 0.29) is 12.5 Å². The van der Waals surface area contributed by atoms with Gasteiger partial charge in [-0.2, -0.15) is 5.10 Å². The number of hydrogen-bond donors (Lipinski definition) is 1. The van der Waals surface area contributed by atoms with E-state index in [1.54, 1.807) is 6.21 Å². The minimum absolute atomic E-state index is 0.107. The second-order valence-corrected chi connectivity index (χ2v) is 8.09. The van der Waals surface area contributed by atoms with Gasteiger partial charge >= 0.3 is 0 Å². The first kappa shape index (κ1) is 21.1. The highest BCUT2D eigenvalue weighted by molar-refractivity contribution is 9.10. The number of carbonyl (C=O) groups excluding carboxylic acids is 1. The smallest absolute Gasteiger partial charge is 0.277 e. The first-order valence-electron chi connectivity index (χ1n) is 10.3. The molecule has 1 N–H and O–H groups in total. The fourth-order valence-corrected chi connectivity index (χ4v) is 4.27. The lowest BCUT2D eigenvalue weighted by Crippen LogP contribution is -2.24. The Morgan fingerprint density at radius 1 is 1.06 bits per heavy atom. The molecule has 0 atom stereocenters. The first-order valence-corrected chi connectivity index (χ1v) is 11.1. The fourth-order valence-electron chi connectivity index (χ4n) is 3.73. The molecule has 5 nitrogen and oxygen atoms in total. The Morgan fingerprint density at radius 2 is 1.87 bits per heavy atom. The molecule has 158 valence electrons. The standard InChI is InChI=1S/C25H24BrN3O2/c1-3-17-10-12-24(21(26)14-17)31-16-25(30)28-27-15-18-9-11-23-20(13-18)19-7-5-6-8-22(19)29(23)4-2/h5-15H,3-4,16H2,1-2H3,(H,28,30). The molecule has 0 aliphatic rings. The highest BCUT2D eigenvalue weighted by Gasteiger charge is 2.09. The maximum atomic E-state index is 12.1. The van der Waals surface area contributed by atoms with Crippen LogP contribution in [0.25, 0.3) is 21.8 Å². The summed E-state index contributed by atoms with van der Waals surface area (Å²) in [6.45, 7) is 5.04. The van der Waals surface area contributed by atoms with Crippen LogP contribution in [0.3, 0.4) is 0 Å². The molecule has 0 spiro atoms. The lowest BCUT2D eigenvalue weighted by Gasteiger charge is -2.08. The molecule has 4 aromatic rings. The van der Waals surface area contributed by atoms with Crippen LogP contribution in [0.15, 0.2) is 70.2 Å². The third kappa shape index (κ3) is 4.49. The third-order valence-electron chi connectivity index (χ3n) is 5.28. The van der Waals surface area contributed by atoms with Crippen LogP contribution < -0.4 is 10.2 Å². The van der Waals surface area contributed by atoms with Gasteiger partial charge in [0.05, 0.1) is 10.7 Å². The largest absolute Gasteiger partial charge is 0.483 e. The van der Waals surface area contributed by atoms with E-state index >= 15 is 0 Å². The lowest BCUT2D eigenvalue weighted by molar-refractivity contribution is -0.123. The molecule has 4 rings (SSSR count). The van der Waals surface area contributed by atoms with Crippen molar-refractivity contribution in [3.05, 3.63) is 76.3 Å². The van der Waals surface area contributed by atoms with Gasteiger partial charge in [0.1, 0.15) is 5.75 Å². The summed E-state index contributed by atoms with van der Waals surface area (Å²) in [7, 11) is 0. The summed E-state index contributed by atoms with van der Waals surface area (Å²) >= 11 is 3.48. The van der Waals surface area contributed by atoms with Gasteiger partial charge in [-0.25, -0.2) is 5.43 Å². The number of amides is 1. The van der Waals surface area contributed by atoms with Crippen molar-refractivity contribution in [3.8, 4) is 5.75 Å². The summed E-state index contributed by atoms with van der Waals surface area (Å²) in [6.07, 6.45) is 2.60. The van der Waals surface area contributed by atoms with Crippen LogP contribution in [0.2, 0.25) is 0 Å². The average Bonchev–Trinajstić information content (AvgIpc) is 3.11. The van der Waals surface area contributed by atoms with Crippen molar-refractivity contribution in [2.75, 3.05) is 6.61 Å². The number of hydrogen-bond acceptors (Lipinski definition) is 3. The number of nitrogens with zero attached hydrogens (tertiary/aromatic N) is 2. The highest BCUT2D eigenvalue weighted by Crippen LogP contribution is 2.29. The number of para-hydroxylation sites is 1. The van der Waals surface area contributed by atoms with Crippen LogP contribution >= 0.6 is 15.9 Å². The molecule has 0 fully saturated rings. The molecule has 31 heavy (non-hydrogen) atoms. The molecule has 0 aliphatic carbocycles. The quantitative estimate of drug-likeness (QED) is 0.275. The van der Waals surface area contributed by atoms with E-state index < -0.39 is 0 Å². The summed E-state index contributed by atoms with van der Waals surface area (Å²) in [5.41, 5.74) is 7.07. The number of nitrogens with one attached hydrogen (secondary N) is 1. The summed E-state index contributed by atoms with van der Waals surface area (Å²) < 4.78 is 8.72. The Morgan fingerprint density at radius 3 is 2.65 bits per heavy atom. The van der Waals surface area contributed by atoms with Crippen molar-refractivity contribution in [1.82, 2.24) is 9.99 Å². The van der Waals surface area contributed by atoms with E-state index in [4.69, 9.17) is 4.74 Å². The number of rotatable bonds is 7. The van der Waals surface area contributed by atoms with Crippen LogP contribution in [0.5, 0.6) is 5.75 Å². The van der Waals surface area contributed by atoms with E-state index in [1.165, 1.54) is 27.4 Å². The van der Waals surface area contributed by atoms with Crippen molar-refractivity contribution >= 4 is 49.9 Å². The SMILES string of the molecule is CCc1ccc(OCC(=O)NN=Cc2ccc3c(c2)c2ccccc2n3CC)c(Br)c1. The zero-order chi connectivity index (χ0) is 21.8. The van der Waals surface area contributed by atoms with Gasteiger partial charge in [-0.05, 0) is 70.7 Å². The number of fused-ring (bicyclic) bond motifs is 3. The van der Waals surface area contributed by atoms with Crippen molar-refractivity contribution in [1.29, 1.82) is 0 Å². The number of benzene rings is 3. The first-order chi connectivity index (χ1) is 15.1. The van der Waals surface area contributed by atoms with Crippen LogP contribution in [0.1, 0.15) is 25.0 Å². The molecule has 0 radical (unpaired) electrons. The van der Waals surface area contributed by atoms with Gasteiger partial charge < -0.3 is 9.30 Å². The van der Waals surface area contributed by atoms with Crippen LogP contribution in [0.4, 0.5) is 0 Å². The minimum atomic E-state index is -0.314. The summed E-state index contributed by atoms with van der Waals surface area (Å²) in [5, 5.41) is 6.49. The van der Waals surface area contributed by atoms with Crippen molar-refractivity contribution < 1.29 is 9.53 Å². The van der Waals surface area contributed by atoms with E-state index in [9.17, 15) is 4.79 Å². The van der Waals surface area contributed by atoms with Crippen molar-refractivity contribution in [2.24, 2.45) is 5.10 Å². The number of aromatic nitrogens is 1. The molecule has 0 aliphatic heterocycles. The van der Waals surface area contributed by atoms with Gasteiger partial charge in [0.2, 0.25) is 0 Å². The van der Waals surface area contributed by atoms with Crippen LogP contribution in [0, 0.1) is 0 Å². The maximum Gasteiger partial charge on any atom is 0.277 e. The van der Waals surface area contributed by atoms with Gasteiger partial charge in [-0.1, -0.05) is 37.3 Å². The zero-order valence-electron chi connectivity index (χ0n) is 17.6. The molecule has 6 heteroatoms. The average molecular weight is 478 g/mol. The predicted octanol–water partition coefficient (Wildman–Crippen LogP) is 5.67. The number of carbonyl (C=O) groups is 1. The molecule has 3 aromatic carbocycles. The van der Waals surface area contributed by atoms with E-state index in [0.717, 1.165) is 23.0 Å². The molecular formula is C25H24BrN3O2. The molecular weight excluding hydrogens is 454 g/mol. The van der Waals surface area contributed by atoms with E-state index in [2.05, 4.69) is 81.3 Å². The Labute approximate surface area is 189 Å². The van der Waals surface area contributed by atoms with Gasteiger partial charge in [-0.3, -0.25) is 4.79 Å². The molecule has 0 unspecified atom stereocenters. The number of aryl methyl sites for hydroxylation is 2. The summed E-state index contributed by atoms with van der Waals surface area (Å²) in [5.74, 6) is 0.320. The Hall–Kier alpha value is -3.12. The van der Waals surface area contributed by atoms with Gasteiger partial charge in [0, 0.05) is 28.4 Å². The van der Waals surface area contributed by atoms with Crippen molar-refractivity contribution in [2.45, 2.75) is 26.8 Å².